The fourth-order valence-corrected chi connectivity index (χ4v) is 2.17. The van der Waals surface area contributed by atoms with Crippen molar-refractivity contribution < 1.29 is 14.6 Å². The van der Waals surface area contributed by atoms with Crippen LogP contribution in [0.5, 0.6) is 0 Å². The molecule has 1 rings (SSSR count). The normalized spacial score (nSPS) is 19.5. The SMILES string of the molecule is COC(=O)CC(O)CN(C)C1CCCC1. The lowest BCUT2D eigenvalue weighted by molar-refractivity contribution is -0.143. The molecule has 1 unspecified atom stereocenters. The highest BCUT2D eigenvalue weighted by atomic mass is 16.5. The van der Waals surface area contributed by atoms with Gasteiger partial charge in [0.05, 0.1) is 19.6 Å². The van der Waals surface area contributed by atoms with Gasteiger partial charge in [-0.15, -0.1) is 0 Å². The van der Waals surface area contributed by atoms with Crippen molar-refractivity contribution in [1.29, 1.82) is 0 Å². The third-order valence-electron chi connectivity index (χ3n) is 3.08. The molecule has 4 nitrogen and oxygen atoms in total. The molecule has 1 fully saturated rings. The van der Waals surface area contributed by atoms with E-state index in [1.165, 1.54) is 32.8 Å². The van der Waals surface area contributed by atoms with Crippen LogP contribution in [-0.2, 0) is 9.53 Å². The summed E-state index contributed by atoms with van der Waals surface area (Å²) in [6.45, 7) is 0.555. The molecule has 0 heterocycles. The minimum Gasteiger partial charge on any atom is -0.469 e. The maximum atomic E-state index is 10.9. The third kappa shape index (κ3) is 4.18. The predicted molar refractivity (Wildman–Crippen MR) is 57.5 cm³/mol. The molecule has 0 bridgehead atoms. The first-order valence-electron chi connectivity index (χ1n) is 5.58. The first-order valence-corrected chi connectivity index (χ1v) is 5.58. The number of likely N-dealkylation sites (N-methyl/N-ethyl adjacent to an activating group) is 1. The van der Waals surface area contributed by atoms with Crippen LogP contribution in [0.3, 0.4) is 0 Å². The quantitative estimate of drug-likeness (QED) is 0.689. The summed E-state index contributed by atoms with van der Waals surface area (Å²) >= 11 is 0. The molecule has 0 spiro atoms. The molecule has 1 saturated carbocycles. The summed E-state index contributed by atoms with van der Waals surface area (Å²) in [4.78, 5) is 13.1. The molecule has 0 radical (unpaired) electrons. The first kappa shape index (κ1) is 12.5. The zero-order valence-corrected chi connectivity index (χ0v) is 9.61. The van der Waals surface area contributed by atoms with Gasteiger partial charge < -0.3 is 14.7 Å². The highest BCUT2D eigenvalue weighted by Crippen LogP contribution is 2.22. The van der Waals surface area contributed by atoms with E-state index in [-0.39, 0.29) is 12.4 Å². The maximum Gasteiger partial charge on any atom is 0.308 e. The Hall–Kier alpha value is -0.610. The lowest BCUT2D eigenvalue weighted by Gasteiger charge is -2.26. The largest absolute Gasteiger partial charge is 0.469 e. The number of esters is 1. The molecule has 0 amide bonds. The Morgan fingerprint density at radius 2 is 2.13 bits per heavy atom. The first-order chi connectivity index (χ1) is 7.13. The molecule has 1 aliphatic carbocycles. The van der Waals surface area contributed by atoms with E-state index < -0.39 is 6.10 Å². The standard InChI is InChI=1S/C11H21NO3/c1-12(9-5-3-4-6-9)8-10(13)7-11(14)15-2/h9-10,13H,3-8H2,1-2H3. The number of hydrogen-bond acceptors (Lipinski definition) is 4. The van der Waals surface area contributed by atoms with Gasteiger partial charge >= 0.3 is 5.97 Å². The second-order valence-corrected chi connectivity index (χ2v) is 4.31. The van der Waals surface area contributed by atoms with Crippen LogP contribution in [0, 0.1) is 0 Å². The summed E-state index contributed by atoms with van der Waals surface area (Å²) in [5.74, 6) is -0.345. The number of methoxy groups -OCH3 is 1. The third-order valence-corrected chi connectivity index (χ3v) is 3.08. The Balaban J connectivity index is 2.23. The van der Waals surface area contributed by atoms with E-state index in [0.717, 1.165) is 0 Å². The topological polar surface area (TPSA) is 49.8 Å². The highest BCUT2D eigenvalue weighted by molar-refractivity contribution is 5.69. The molecule has 1 N–H and O–H groups in total. The average Bonchev–Trinajstić information content (AvgIpc) is 2.70. The van der Waals surface area contributed by atoms with E-state index in [1.807, 2.05) is 7.05 Å². The number of aliphatic hydroxyl groups excluding tert-OH is 1. The van der Waals surface area contributed by atoms with Crippen LogP contribution < -0.4 is 0 Å². The van der Waals surface area contributed by atoms with Crippen LogP contribution in [0.4, 0.5) is 0 Å². The van der Waals surface area contributed by atoms with Crippen molar-refractivity contribution in [2.75, 3.05) is 20.7 Å². The minimum absolute atomic E-state index is 0.0908. The van der Waals surface area contributed by atoms with Gasteiger partial charge in [-0.1, -0.05) is 12.8 Å². The highest BCUT2D eigenvalue weighted by Gasteiger charge is 2.22. The number of carbonyl (C=O) groups is 1. The Morgan fingerprint density at radius 1 is 1.53 bits per heavy atom. The van der Waals surface area contributed by atoms with E-state index in [1.54, 1.807) is 0 Å². The van der Waals surface area contributed by atoms with Gasteiger partial charge in [0.2, 0.25) is 0 Å². The summed E-state index contributed by atoms with van der Waals surface area (Å²) in [7, 11) is 3.35. The molecule has 0 saturated heterocycles. The summed E-state index contributed by atoms with van der Waals surface area (Å²) in [6, 6.07) is 0.581. The number of rotatable bonds is 5. The van der Waals surface area contributed by atoms with Gasteiger partial charge in [-0.3, -0.25) is 4.79 Å². The zero-order chi connectivity index (χ0) is 11.3. The van der Waals surface area contributed by atoms with Crippen LogP contribution in [-0.4, -0.2) is 48.8 Å². The minimum atomic E-state index is -0.608. The van der Waals surface area contributed by atoms with Crippen molar-refractivity contribution in [3.05, 3.63) is 0 Å². The van der Waals surface area contributed by atoms with Crippen molar-refractivity contribution in [2.45, 2.75) is 44.2 Å². The molecule has 15 heavy (non-hydrogen) atoms. The van der Waals surface area contributed by atoms with Crippen molar-refractivity contribution in [3.8, 4) is 0 Å². The van der Waals surface area contributed by atoms with Crippen LogP contribution in [0.2, 0.25) is 0 Å². The zero-order valence-electron chi connectivity index (χ0n) is 9.61. The Morgan fingerprint density at radius 3 is 2.67 bits per heavy atom. The molecular formula is C11H21NO3. The number of ether oxygens (including phenoxy) is 1. The molecule has 1 aliphatic rings. The number of aliphatic hydroxyl groups is 1. The van der Waals surface area contributed by atoms with Gasteiger partial charge in [0.15, 0.2) is 0 Å². The van der Waals surface area contributed by atoms with Gasteiger partial charge in [-0.25, -0.2) is 0 Å². The van der Waals surface area contributed by atoms with Crippen molar-refractivity contribution in [2.24, 2.45) is 0 Å². The molecule has 1 atom stereocenters. The van der Waals surface area contributed by atoms with Gasteiger partial charge in [-0.2, -0.15) is 0 Å². The monoisotopic (exact) mass is 215 g/mol. The lowest BCUT2D eigenvalue weighted by atomic mass is 10.2. The number of hydrogen-bond donors (Lipinski definition) is 1. The smallest absolute Gasteiger partial charge is 0.308 e. The molecule has 4 heteroatoms. The summed E-state index contributed by atoms with van der Waals surface area (Å²) in [6.07, 6.45) is 4.46. The van der Waals surface area contributed by atoms with Crippen molar-refractivity contribution in [3.63, 3.8) is 0 Å². The summed E-state index contributed by atoms with van der Waals surface area (Å²) < 4.78 is 4.51. The van der Waals surface area contributed by atoms with E-state index >= 15 is 0 Å². The molecule has 88 valence electrons. The molecule has 0 aliphatic heterocycles. The Kier molecular flexibility index (Phi) is 5.05. The fourth-order valence-electron chi connectivity index (χ4n) is 2.17. The predicted octanol–water partition coefficient (Wildman–Crippen LogP) is 0.785. The molecule has 0 aromatic rings. The van der Waals surface area contributed by atoms with E-state index in [4.69, 9.17) is 0 Å². The van der Waals surface area contributed by atoms with Crippen LogP contribution >= 0.6 is 0 Å². The van der Waals surface area contributed by atoms with Gasteiger partial charge in [0.25, 0.3) is 0 Å². The van der Waals surface area contributed by atoms with Gasteiger partial charge in [0.1, 0.15) is 0 Å². The second kappa shape index (κ2) is 6.08. The van der Waals surface area contributed by atoms with Crippen molar-refractivity contribution >= 4 is 5.97 Å². The fraction of sp³-hybridized carbons (Fsp3) is 0.909. The van der Waals surface area contributed by atoms with E-state index in [0.29, 0.717) is 12.6 Å². The maximum absolute atomic E-state index is 10.9. The average molecular weight is 215 g/mol. The van der Waals surface area contributed by atoms with E-state index in [2.05, 4.69) is 9.64 Å². The lowest BCUT2D eigenvalue weighted by Crippen LogP contribution is -2.37. The molecular weight excluding hydrogens is 194 g/mol. The van der Waals surface area contributed by atoms with Crippen LogP contribution in [0.25, 0.3) is 0 Å². The van der Waals surface area contributed by atoms with E-state index in [9.17, 15) is 9.90 Å². The Bertz CT molecular complexity index is 202. The summed E-state index contributed by atoms with van der Waals surface area (Å²) in [5.41, 5.74) is 0. The molecule has 0 aromatic carbocycles. The van der Waals surface area contributed by atoms with Crippen molar-refractivity contribution in [1.82, 2.24) is 4.90 Å². The van der Waals surface area contributed by atoms with Crippen LogP contribution in [0.1, 0.15) is 32.1 Å². The second-order valence-electron chi connectivity index (χ2n) is 4.31. The van der Waals surface area contributed by atoms with Gasteiger partial charge in [-0.05, 0) is 19.9 Å². The van der Waals surface area contributed by atoms with Gasteiger partial charge in [0, 0.05) is 12.6 Å². The number of carbonyl (C=O) groups excluding carboxylic acids is 1. The number of nitrogens with zero attached hydrogens (tertiary/aromatic N) is 1. The summed E-state index contributed by atoms with van der Waals surface area (Å²) in [5, 5.41) is 9.64. The molecule has 0 aromatic heterocycles. The van der Waals surface area contributed by atoms with Crippen LogP contribution in [0.15, 0.2) is 0 Å². The Labute approximate surface area is 91.2 Å².